The summed E-state index contributed by atoms with van der Waals surface area (Å²) in [6.45, 7) is 0. The SMILES string of the molecule is N#C/C(=C/Nc1ccc(N)cc1Cl)C(=O)NC1CCCCC1. The molecule has 0 spiro atoms. The van der Waals surface area contributed by atoms with Crippen molar-refractivity contribution in [3.63, 3.8) is 0 Å². The molecule has 116 valence electrons. The van der Waals surface area contributed by atoms with E-state index in [1.807, 2.05) is 6.07 Å². The third-order valence-electron chi connectivity index (χ3n) is 3.67. The molecule has 0 unspecified atom stereocenters. The Morgan fingerprint density at radius 3 is 2.73 bits per heavy atom. The molecule has 1 amide bonds. The minimum atomic E-state index is -0.353. The number of benzene rings is 1. The number of rotatable bonds is 4. The summed E-state index contributed by atoms with van der Waals surface area (Å²) in [7, 11) is 0. The van der Waals surface area contributed by atoms with Crippen molar-refractivity contribution in [1.29, 1.82) is 5.26 Å². The van der Waals surface area contributed by atoms with Gasteiger partial charge in [-0.05, 0) is 31.0 Å². The second kappa shape index (κ2) is 7.71. The molecular weight excluding hydrogens is 300 g/mol. The van der Waals surface area contributed by atoms with E-state index in [-0.39, 0.29) is 17.5 Å². The van der Waals surface area contributed by atoms with Crippen LogP contribution in [0.4, 0.5) is 11.4 Å². The topological polar surface area (TPSA) is 90.9 Å². The minimum Gasteiger partial charge on any atom is -0.399 e. The Morgan fingerprint density at radius 2 is 2.09 bits per heavy atom. The van der Waals surface area contributed by atoms with E-state index in [1.165, 1.54) is 12.6 Å². The van der Waals surface area contributed by atoms with E-state index in [2.05, 4.69) is 10.6 Å². The molecule has 1 aromatic carbocycles. The molecule has 1 aromatic rings. The summed E-state index contributed by atoms with van der Waals surface area (Å²) in [4.78, 5) is 12.1. The molecule has 4 N–H and O–H groups in total. The Morgan fingerprint density at radius 1 is 1.36 bits per heavy atom. The lowest BCUT2D eigenvalue weighted by Gasteiger charge is -2.22. The second-order valence-corrected chi connectivity index (χ2v) is 5.77. The van der Waals surface area contributed by atoms with Crippen LogP contribution in [0.25, 0.3) is 0 Å². The molecule has 22 heavy (non-hydrogen) atoms. The third-order valence-corrected chi connectivity index (χ3v) is 3.98. The third kappa shape index (κ3) is 4.40. The van der Waals surface area contributed by atoms with Crippen LogP contribution in [0.15, 0.2) is 30.0 Å². The van der Waals surface area contributed by atoms with E-state index in [0.29, 0.717) is 16.4 Å². The van der Waals surface area contributed by atoms with Crippen molar-refractivity contribution in [1.82, 2.24) is 5.32 Å². The summed E-state index contributed by atoms with van der Waals surface area (Å²) in [5, 5.41) is 15.4. The van der Waals surface area contributed by atoms with Crippen molar-refractivity contribution in [2.45, 2.75) is 38.1 Å². The molecule has 1 fully saturated rings. The molecular formula is C16H19ClN4O. The molecule has 0 saturated heterocycles. The minimum absolute atomic E-state index is 0.0264. The normalized spacial score (nSPS) is 15.9. The zero-order chi connectivity index (χ0) is 15.9. The van der Waals surface area contributed by atoms with Gasteiger partial charge in [0.2, 0.25) is 0 Å². The van der Waals surface area contributed by atoms with Gasteiger partial charge in [0, 0.05) is 17.9 Å². The van der Waals surface area contributed by atoms with Crippen LogP contribution in [0.5, 0.6) is 0 Å². The van der Waals surface area contributed by atoms with Crippen LogP contribution in [0.1, 0.15) is 32.1 Å². The molecule has 6 heteroatoms. The standard InChI is InChI=1S/C16H19ClN4O/c17-14-8-12(19)6-7-15(14)20-10-11(9-18)16(22)21-13-4-2-1-3-5-13/h6-8,10,13,20H,1-5,19H2,(H,21,22)/b11-10-. The number of hydrogen-bond donors (Lipinski definition) is 3. The van der Waals surface area contributed by atoms with Crippen molar-refractivity contribution in [3.05, 3.63) is 35.0 Å². The lowest BCUT2D eigenvalue weighted by molar-refractivity contribution is -0.118. The predicted octanol–water partition coefficient (Wildman–Crippen LogP) is 3.19. The molecule has 0 bridgehead atoms. The highest BCUT2D eigenvalue weighted by molar-refractivity contribution is 6.33. The van der Waals surface area contributed by atoms with Crippen LogP contribution in [-0.2, 0) is 4.79 Å². The van der Waals surface area contributed by atoms with Crippen molar-refractivity contribution in [2.24, 2.45) is 0 Å². The number of carbonyl (C=O) groups is 1. The van der Waals surface area contributed by atoms with E-state index in [0.717, 1.165) is 25.7 Å². The lowest BCUT2D eigenvalue weighted by Crippen LogP contribution is -2.37. The predicted molar refractivity (Wildman–Crippen MR) is 88.2 cm³/mol. The molecule has 1 saturated carbocycles. The molecule has 5 nitrogen and oxygen atoms in total. The van der Waals surface area contributed by atoms with Crippen LogP contribution in [0.2, 0.25) is 5.02 Å². The molecule has 0 atom stereocenters. The molecule has 1 aliphatic rings. The van der Waals surface area contributed by atoms with Crippen molar-refractivity contribution >= 4 is 28.9 Å². The van der Waals surface area contributed by atoms with Crippen molar-refractivity contribution in [3.8, 4) is 6.07 Å². The number of amides is 1. The van der Waals surface area contributed by atoms with Crippen LogP contribution in [0, 0.1) is 11.3 Å². The molecule has 0 aromatic heterocycles. The zero-order valence-electron chi connectivity index (χ0n) is 12.2. The van der Waals surface area contributed by atoms with Gasteiger partial charge in [0.1, 0.15) is 11.6 Å². The molecule has 2 rings (SSSR count). The lowest BCUT2D eigenvalue weighted by atomic mass is 9.95. The molecule has 0 aliphatic heterocycles. The fraction of sp³-hybridized carbons (Fsp3) is 0.375. The largest absolute Gasteiger partial charge is 0.399 e. The number of anilines is 2. The van der Waals surface area contributed by atoms with Gasteiger partial charge < -0.3 is 16.4 Å². The quantitative estimate of drug-likeness (QED) is 0.451. The summed E-state index contributed by atoms with van der Waals surface area (Å²) in [6, 6.07) is 7.07. The van der Waals surface area contributed by atoms with Crippen LogP contribution in [0.3, 0.4) is 0 Å². The van der Waals surface area contributed by atoms with Gasteiger partial charge in [-0.15, -0.1) is 0 Å². The van der Waals surface area contributed by atoms with Gasteiger partial charge in [-0.3, -0.25) is 4.79 Å². The average Bonchev–Trinajstić information content (AvgIpc) is 2.50. The maximum Gasteiger partial charge on any atom is 0.263 e. The highest BCUT2D eigenvalue weighted by Gasteiger charge is 2.18. The van der Waals surface area contributed by atoms with Gasteiger partial charge in [-0.25, -0.2) is 0 Å². The van der Waals surface area contributed by atoms with E-state index < -0.39 is 0 Å². The number of hydrogen-bond acceptors (Lipinski definition) is 4. The smallest absolute Gasteiger partial charge is 0.263 e. The maximum absolute atomic E-state index is 12.1. The number of nitrogens with two attached hydrogens (primary N) is 1. The van der Waals surface area contributed by atoms with Gasteiger partial charge in [0.05, 0.1) is 10.7 Å². The number of halogens is 1. The number of nitrogen functional groups attached to an aromatic ring is 1. The monoisotopic (exact) mass is 318 g/mol. The fourth-order valence-corrected chi connectivity index (χ4v) is 2.70. The molecule has 0 heterocycles. The van der Waals surface area contributed by atoms with E-state index in [9.17, 15) is 4.79 Å². The van der Waals surface area contributed by atoms with Gasteiger partial charge in [0.15, 0.2) is 0 Å². The van der Waals surface area contributed by atoms with Gasteiger partial charge in [-0.1, -0.05) is 30.9 Å². The Balaban J connectivity index is 2.00. The fourth-order valence-electron chi connectivity index (χ4n) is 2.46. The Labute approximate surface area is 135 Å². The molecule has 1 aliphatic carbocycles. The maximum atomic E-state index is 12.1. The average molecular weight is 319 g/mol. The summed E-state index contributed by atoms with van der Waals surface area (Å²) in [5.41, 5.74) is 6.79. The Kier molecular flexibility index (Phi) is 5.68. The first-order valence-electron chi connectivity index (χ1n) is 7.33. The number of nitrogens with zero attached hydrogens (tertiary/aromatic N) is 1. The summed E-state index contributed by atoms with van der Waals surface area (Å²) in [6.07, 6.45) is 6.77. The first-order chi connectivity index (χ1) is 10.6. The second-order valence-electron chi connectivity index (χ2n) is 5.36. The highest BCUT2D eigenvalue weighted by Crippen LogP contribution is 2.24. The van der Waals surface area contributed by atoms with Gasteiger partial charge in [-0.2, -0.15) is 5.26 Å². The van der Waals surface area contributed by atoms with Crippen molar-refractivity contribution < 1.29 is 4.79 Å². The number of nitrogens with one attached hydrogen (secondary N) is 2. The van der Waals surface area contributed by atoms with Gasteiger partial charge in [0.25, 0.3) is 5.91 Å². The Hall–Kier alpha value is -2.19. The van der Waals surface area contributed by atoms with Crippen LogP contribution in [-0.4, -0.2) is 11.9 Å². The Bertz CT molecular complexity index is 615. The zero-order valence-corrected chi connectivity index (χ0v) is 13.0. The van der Waals surface area contributed by atoms with Crippen molar-refractivity contribution in [2.75, 3.05) is 11.1 Å². The summed E-state index contributed by atoms with van der Waals surface area (Å²) in [5.74, 6) is -0.353. The van der Waals surface area contributed by atoms with Crippen LogP contribution >= 0.6 is 11.6 Å². The van der Waals surface area contributed by atoms with E-state index in [4.69, 9.17) is 22.6 Å². The van der Waals surface area contributed by atoms with E-state index >= 15 is 0 Å². The van der Waals surface area contributed by atoms with E-state index in [1.54, 1.807) is 18.2 Å². The first-order valence-corrected chi connectivity index (χ1v) is 7.70. The molecule has 0 radical (unpaired) electrons. The number of nitriles is 1. The highest BCUT2D eigenvalue weighted by atomic mass is 35.5. The van der Waals surface area contributed by atoms with Crippen LogP contribution < -0.4 is 16.4 Å². The van der Waals surface area contributed by atoms with Gasteiger partial charge >= 0.3 is 0 Å². The number of carbonyl (C=O) groups excluding carboxylic acids is 1. The first kappa shape index (κ1) is 16.2. The summed E-state index contributed by atoms with van der Waals surface area (Å²) >= 11 is 6.04. The summed E-state index contributed by atoms with van der Waals surface area (Å²) < 4.78 is 0.